The normalized spacial score (nSPS) is 12.6. The van der Waals surface area contributed by atoms with Gasteiger partial charge in [0.2, 0.25) is 0 Å². The Morgan fingerprint density at radius 1 is 1.35 bits per heavy atom. The topological polar surface area (TPSA) is 58.0 Å². The molecule has 90 valence electrons. The van der Waals surface area contributed by atoms with Crippen LogP contribution in [0.1, 0.15) is 28.5 Å². The summed E-state index contributed by atoms with van der Waals surface area (Å²) in [4.78, 5) is 9.68. The second-order valence-corrected chi connectivity index (χ2v) is 5.19. The number of nitrogens with zero attached hydrogens (tertiary/aromatic N) is 2. The molecular formula is C12H15N3OS. The van der Waals surface area contributed by atoms with Crippen LogP contribution in [0.3, 0.4) is 0 Å². The second kappa shape index (κ2) is 5.25. The van der Waals surface area contributed by atoms with Gasteiger partial charge in [-0.15, -0.1) is 11.3 Å². The molecule has 0 aliphatic carbocycles. The van der Waals surface area contributed by atoms with Crippen LogP contribution in [0.15, 0.2) is 24.5 Å². The van der Waals surface area contributed by atoms with Crippen LogP contribution in [-0.4, -0.2) is 15.1 Å². The zero-order valence-corrected chi connectivity index (χ0v) is 10.7. The molecule has 2 heterocycles. The van der Waals surface area contributed by atoms with Crippen LogP contribution < -0.4 is 5.32 Å². The Labute approximate surface area is 104 Å². The Morgan fingerprint density at radius 2 is 2.18 bits per heavy atom. The third-order valence-corrected chi connectivity index (χ3v) is 3.50. The Balaban J connectivity index is 1.92. The van der Waals surface area contributed by atoms with Crippen LogP contribution in [-0.2, 0) is 6.54 Å². The van der Waals surface area contributed by atoms with Crippen molar-refractivity contribution in [2.45, 2.75) is 26.4 Å². The first-order chi connectivity index (χ1) is 8.15. The number of pyridine rings is 1. The lowest BCUT2D eigenvalue weighted by atomic mass is 10.3. The molecule has 2 aromatic heterocycles. The first kappa shape index (κ1) is 12.0. The molecule has 4 nitrogen and oxygen atoms in total. The number of nitrogens with one attached hydrogen (secondary N) is 1. The molecule has 2 rings (SSSR count). The van der Waals surface area contributed by atoms with Crippen LogP contribution >= 0.6 is 11.3 Å². The molecule has 0 spiro atoms. The molecule has 0 radical (unpaired) electrons. The fourth-order valence-electron chi connectivity index (χ4n) is 1.44. The van der Waals surface area contributed by atoms with Gasteiger partial charge in [-0.25, -0.2) is 4.98 Å². The lowest BCUT2D eigenvalue weighted by Crippen LogP contribution is -2.18. The number of thiazole rings is 1. The number of aromatic nitrogens is 2. The van der Waals surface area contributed by atoms with Crippen LogP contribution in [0, 0.1) is 6.92 Å². The maximum Gasteiger partial charge on any atom is 0.133 e. The maximum absolute atomic E-state index is 9.12. The SMILES string of the molecule is Cc1cnc(C(C)NCc2ccc(O)cn2)s1. The van der Waals surface area contributed by atoms with E-state index in [0.717, 1.165) is 10.7 Å². The number of rotatable bonds is 4. The van der Waals surface area contributed by atoms with E-state index in [1.165, 1.54) is 11.1 Å². The lowest BCUT2D eigenvalue weighted by molar-refractivity contribution is 0.471. The standard InChI is InChI=1S/C12H15N3OS/c1-8-5-15-12(17-8)9(2)13-6-10-3-4-11(16)7-14-10/h3-5,7,9,13,16H,6H2,1-2H3. The Kier molecular flexibility index (Phi) is 3.71. The zero-order chi connectivity index (χ0) is 12.3. The molecule has 0 aliphatic rings. The summed E-state index contributed by atoms with van der Waals surface area (Å²) in [5.41, 5.74) is 0.905. The van der Waals surface area contributed by atoms with Crippen molar-refractivity contribution in [3.8, 4) is 5.75 Å². The van der Waals surface area contributed by atoms with Crippen LogP contribution in [0.2, 0.25) is 0 Å². The fourth-order valence-corrected chi connectivity index (χ4v) is 2.24. The summed E-state index contributed by atoms with van der Waals surface area (Å²) in [7, 11) is 0. The fraction of sp³-hybridized carbons (Fsp3) is 0.333. The average molecular weight is 249 g/mol. The number of aryl methyl sites for hydroxylation is 1. The van der Waals surface area contributed by atoms with E-state index >= 15 is 0 Å². The minimum absolute atomic E-state index is 0.192. The van der Waals surface area contributed by atoms with Crippen LogP contribution in [0.4, 0.5) is 0 Å². The highest BCUT2D eigenvalue weighted by Gasteiger charge is 2.08. The van der Waals surface area contributed by atoms with Gasteiger partial charge in [0.25, 0.3) is 0 Å². The van der Waals surface area contributed by atoms with E-state index in [2.05, 4.69) is 29.1 Å². The van der Waals surface area contributed by atoms with Gasteiger partial charge in [0.15, 0.2) is 0 Å². The molecule has 2 aromatic rings. The van der Waals surface area contributed by atoms with Gasteiger partial charge in [0.05, 0.1) is 17.9 Å². The minimum Gasteiger partial charge on any atom is -0.506 e. The first-order valence-electron chi connectivity index (χ1n) is 5.45. The number of hydrogen-bond donors (Lipinski definition) is 2. The average Bonchev–Trinajstić information content (AvgIpc) is 2.75. The van der Waals surface area contributed by atoms with Gasteiger partial charge in [-0.1, -0.05) is 0 Å². The van der Waals surface area contributed by atoms with E-state index < -0.39 is 0 Å². The van der Waals surface area contributed by atoms with Gasteiger partial charge in [-0.05, 0) is 26.0 Å². The van der Waals surface area contributed by atoms with Crippen LogP contribution in [0.25, 0.3) is 0 Å². The largest absolute Gasteiger partial charge is 0.506 e. The number of hydrogen-bond acceptors (Lipinski definition) is 5. The predicted octanol–water partition coefficient (Wildman–Crippen LogP) is 2.40. The van der Waals surface area contributed by atoms with Gasteiger partial charge in [0.1, 0.15) is 10.8 Å². The predicted molar refractivity (Wildman–Crippen MR) is 68.0 cm³/mol. The van der Waals surface area contributed by atoms with Crippen LogP contribution in [0.5, 0.6) is 5.75 Å². The van der Waals surface area contributed by atoms with Crippen molar-refractivity contribution in [3.05, 3.63) is 40.1 Å². The van der Waals surface area contributed by atoms with Crippen molar-refractivity contribution in [2.75, 3.05) is 0 Å². The van der Waals surface area contributed by atoms with Gasteiger partial charge >= 0.3 is 0 Å². The van der Waals surface area contributed by atoms with Gasteiger partial charge in [-0.2, -0.15) is 0 Å². The highest BCUT2D eigenvalue weighted by Crippen LogP contribution is 2.19. The monoisotopic (exact) mass is 249 g/mol. The minimum atomic E-state index is 0.192. The molecule has 1 unspecified atom stereocenters. The lowest BCUT2D eigenvalue weighted by Gasteiger charge is -2.10. The van der Waals surface area contributed by atoms with Crippen molar-refractivity contribution in [1.82, 2.24) is 15.3 Å². The highest BCUT2D eigenvalue weighted by atomic mass is 32.1. The zero-order valence-electron chi connectivity index (χ0n) is 9.84. The van der Waals surface area contributed by atoms with E-state index in [-0.39, 0.29) is 11.8 Å². The molecule has 0 fully saturated rings. The van der Waals surface area contributed by atoms with E-state index in [0.29, 0.717) is 6.54 Å². The summed E-state index contributed by atoms with van der Waals surface area (Å²) in [6.07, 6.45) is 3.34. The Morgan fingerprint density at radius 3 is 2.76 bits per heavy atom. The molecule has 0 bridgehead atoms. The third kappa shape index (κ3) is 3.25. The quantitative estimate of drug-likeness (QED) is 0.873. The maximum atomic E-state index is 9.12. The first-order valence-corrected chi connectivity index (χ1v) is 6.26. The second-order valence-electron chi connectivity index (χ2n) is 3.92. The number of aromatic hydroxyl groups is 1. The molecule has 2 N–H and O–H groups in total. The molecule has 0 amide bonds. The molecule has 1 atom stereocenters. The molecule has 0 aliphatic heterocycles. The third-order valence-electron chi connectivity index (χ3n) is 2.41. The summed E-state index contributed by atoms with van der Waals surface area (Å²) in [6.45, 7) is 4.80. The highest BCUT2D eigenvalue weighted by molar-refractivity contribution is 7.11. The smallest absolute Gasteiger partial charge is 0.133 e. The molecule has 0 aromatic carbocycles. The van der Waals surface area contributed by atoms with Gasteiger partial charge in [0, 0.05) is 17.6 Å². The van der Waals surface area contributed by atoms with Crippen molar-refractivity contribution < 1.29 is 5.11 Å². The van der Waals surface area contributed by atoms with Gasteiger partial charge in [-0.3, -0.25) is 4.98 Å². The summed E-state index contributed by atoms with van der Waals surface area (Å²) in [5, 5.41) is 13.6. The van der Waals surface area contributed by atoms with E-state index in [1.54, 1.807) is 17.4 Å². The van der Waals surface area contributed by atoms with Crippen molar-refractivity contribution >= 4 is 11.3 Å². The molecule has 0 saturated carbocycles. The summed E-state index contributed by atoms with van der Waals surface area (Å²) >= 11 is 1.70. The Bertz CT molecular complexity index is 481. The molecule has 0 saturated heterocycles. The Hall–Kier alpha value is -1.46. The van der Waals surface area contributed by atoms with E-state index in [9.17, 15) is 0 Å². The molecule has 17 heavy (non-hydrogen) atoms. The van der Waals surface area contributed by atoms with Crippen molar-refractivity contribution in [1.29, 1.82) is 0 Å². The van der Waals surface area contributed by atoms with Crippen molar-refractivity contribution in [2.24, 2.45) is 0 Å². The summed E-state index contributed by atoms with van der Waals surface area (Å²) < 4.78 is 0. The summed E-state index contributed by atoms with van der Waals surface area (Å²) in [6, 6.07) is 3.66. The summed E-state index contributed by atoms with van der Waals surface area (Å²) in [5.74, 6) is 0.192. The molecule has 5 heteroatoms. The molecular weight excluding hydrogens is 234 g/mol. The van der Waals surface area contributed by atoms with E-state index in [4.69, 9.17) is 5.11 Å². The van der Waals surface area contributed by atoms with Gasteiger partial charge < -0.3 is 10.4 Å². The van der Waals surface area contributed by atoms with Crippen molar-refractivity contribution in [3.63, 3.8) is 0 Å². The van der Waals surface area contributed by atoms with E-state index in [1.807, 2.05) is 12.3 Å².